The van der Waals surface area contributed by atoms with Crippen molar-refractivity contribution in [2.75, 3.05) is 6.54 Å². The SMILES string of the molecule is CCC(CN)CC(=O)c1cnc2ccccc2c1. The zero-order chi connectivity index (χ0) is 13.0. The lowest BCUT2D eigenvalue weighted by molar-refractivity contribution is 0.0961. The Bertz CT molecular complexity index is 547. The monoisotopic (exact) mass is 242 g/mol. The number of aromatic nitrogens is 1. The van der Waals surface area contributed by atoms with Gasteiger partial charge in [0, 0.05) is 23.6 Å². The molecule has 0 spiro atoms. The van der Waals surface area contributed by atoms with Gasteiger partial charge in [-0.1, -0.05) is 31.5 Å². The van der Waals surface area contributed by atoms with Crippen LogP contribution in [-0.4, -0.2) is 17.3 Å². The molecule has 1 aromatic heterocycles. The normalized spacial score (nSPS) is 12.6. The van der Waals surface area contributed by atoms with Crippen LogP contribution in [0.15, 0.2) is 36.5 Å². The largest absolute Gasteiger partial charge is 0.330 e. The van der Waals surface area contributed by atoms with Gasteiger partial charge >= 0.3 is 0 Å². The maximum absolute atomic E-state index is 12.1. The highest BCUT2D eigenvalue weighted by Crippen LogP contribution is 2.16. The smallest absolute Gasteiger partial charge is 0.164 e. The van der Waals surface area contributed by atoms with E-state index in [1.165, 1.54) is 0 Å². The topological polar surface area (TPSA) is 56.0 Å². The average Bonchev–Trinajstić information content (AvgIpc) is 2.44. The van der Waals surface area contributed by atoms with Gasteiger partial charge in [0.05, 0.1) is 5.52 Å². The number of fused-ring (bicyclic) bond motifs is 1. The lowest BCUT2D eigenvalue weighted by Gasteiger charge is -2.10. The predicted molar refractivity (Wildman–Crippen MR) is 73.5 cm³/mol. The molecule has 94 valence electrons. The molecule has 1 unspecified atom stereocenters. The highest BCUT2D eigenvalue weighted by molar-refractivity contribution is 5.98. The van der Waals surface area contributed by atoms with Gasteiger partial charge in [0.1, 0.15) is 0 Å². The molecule has 2 aromatic rings. The number of benzene rings is 1. The number of rotatable bonds is 5. The van der Waals surface area contributed by atoms with Gasteiger partial charge in [0.2, 0.25) is 0 Å². The highest BCUT2D eigenvalue weighted by atomic mass is 16.1. The lowest BCUT2D eigenvalue weighted by Crippen LogP contribution is -2.17. The van der Waals surface area contributed by atoms with E-state index in [0.717, 1.165) is 17.3 Å². The number of hydrogen-bond donors (Lipinski definition) is 1. The highest BCUT2D eigenvalue weighted by Gasteiger charge is 2.13. The fourth-order valence-electron chi connectivity index (χ4n) is 2.00. The van der Waals surface area contributed by atoms with Gasteiger partial charge in [0.25, 0.3) is 0 Å². The van der Waals surface area contributed by atoms with Crippen molar-refractivity contribution < 1.29 is 4.79 Å². The molecule has 1 heterocycles. The summed E-state index contributed by atoms with van der Waals surface area (Å²) in [6.07, 6.45) is 3.10. The summed E-state index contributed by atoms with van der Waals surface area (Å²) in [5.41, 5.74) is 7.23. The molecule has 2 N–H and O–H groups in total. The van der Waals surface area contributed by atoms with E-state index >= 15 is 0 Å². The summed E-state index contributed by atoms with van der Waals surface area (Å²) in [7, 11) is 0. The maximum Gasteiger partial charge on any atom is 0.164 e. The zero-order valence-electron chi connectivity index (χ0n) is 10.6. The van der Waals surface area contributed by atoms with Crippen LogP contribution in [0.25, 0.3) is 10.9 Å². The minimum absolute atomic E-state index is 0.130. The van der Waals surface area contributed by atoms with Crippen LogP contribution in [0.1, 0.15) is 30.1 Å². The van der Waals surface area contributed by atoms with Crippen LogP contribution < -0.4 is 5.73 Å². The third kappa shape index (κ3) is 2.74. The maximum atomic E-state index is 12.1. The second-order valence-electron chi connectivity index (χ2n) is 4.55. The van der Waals surface area contributed by atoms with Crippen LogP contribution >= 0.6 is 0 Å². The molecule has 1 atom stereocenters. The van der Waals surface area contributed by atoms with E-state index in [2.05, 4.69) is 11.9 Å². The molecule has 0 aliphatic carbocycles. The second-order valence-corrected chi connectivity index (χ2v) is 4.55. The molecule has 2 rings (SSSR count). The van der Waals surface area contributed by atoms with Gasteiger partial charge in [-0.15, -0.1) is 0 Å². The standard InChI is InChI=1S/C15H18N2O/c1-2-11(9-16)7-15(18)13-8-12-5-3-4-6-14(12)17-10-13/h3-6,8,10-11H,2,7,9,16H2,1H3. The number of ketones is 1. The van der Waals surface area contributed by atoms with Gasteiger partial charge in [0.15, 0.2) is 5.78 Å². The van der Waals surface area contributed by atoms with E-state index in [4.69, 9.17) is 5.73 Å². The van der Waals surface area contributed by atoms with E-state index in [0.29, 0.717) is 18.5 Å². The summed E-state index contributed by atoms with van der Waals surface area (Å²) < 4.78 is 0. The Morgan fingerprint density at radius 1 is 1.39 bits per heavy atom. The Hall–Kier alpha value is -1.74. The molecule has 0 radical (unpaired) electrons. The Balaban J connectivity index is 2.22. The number of carbonyl (C=O) groups is 1. The van der Waals surface area contributed by atoms with Crippen molar-refractivity contribution >= 4 is 16.7 Å². The summed E-state index contributed by atoms with van der Waals surface area (Å²) in [4.78, 5) is 16.4. The van der Waals surface area contributed by atoms with Crippen LogP contribution in [0.4, 0.5) is 0 Å². The van der Waals surface area contributed by atoms with Crippen molar-refractivity contribution in [3.8, 4) is 0 Å². The number of nitrogens with zero attached hydrogens (tertiary/aromatic N) is 1. The summed E-state index contributed by atoms with van der Waals surface area (Å²) in [6.45, 7) is 2.62. The van der Waals surface area contributed by atoms with Gasteiger partial charge < -0.3 is 5.73 Å². The molecular formula is C15H18N2O. The molecule has 18 heavy (non-hydrogen) atoms. The van der Waals surface area contributed by atoms with Crippen molar-refractivity contribution in [2.45, 2.75) is 19.8 Å². The summed E-state index contributed by atoms with van der Waals surface area (Å²) in [5.74, 6) is 0.398. The fraction of sp³-hybridized carbons (Fsp3) is 0.333. The number of nitrogens with two attached hydrogens (primary N) is 1. The van der Waals surface area contributed by atoms with Gasteiger partial charge in [-0.25, -0.2) is 0 Å². The van der Waals surface area contributed by atoms with Gasteiger partial charge in [-0.05, 0) is 24.6 Å². The molecule has 3 nitrogen and oxygen atoms in total. The van der Waals surface area contributed by atoms with Gasteiger partial charge in [-0.2, -0.15) is 0 Å². The van der Waals surface area contributed by atoms with Crippen LogP contribution in [0.3, 0.4) is 0 Å². The van der Waals surface area contributed by atoms with Crippen LogP contribution in [-0.2, 0) is 0 Å². The fourth-order valence-corrected chi connectivity index (χ4v) is 2.00. The van der Waals surface area contributed by atoms with E-state index in [1.54, 1.807) is 6.20 Å². The summed E-state index contributed by atoms with van der Waals surface area (Å²) >= 11 is 0. The molecule has 0 aliphatic rings. The van der Waals surface area contributed by atoms with Crippen LogP contribution in [0.2, 0.25) is 0 Å². The minimum Gasteiger partial charge on any atom is -0.330 e. The first-order chi connectivity index (χ1) is 8.74. The van der Waals surface area contributed by atoms with Crippen molar-refractivity contribution in [1.29, 1.82) is 0 Å². The molecule has 0 aliphatic heterocycles. The number of hydrogen-bond acceptors (Lipinski definition) is 3. The van der Waals surface area contributed by atoms with Gasteiger partial charge in [-0.3, -0.25) is 9.78 Å². The molecule has 0 bridgehead atoms. The van der Waals surface area contributed by atoms with E-state index < -0.39 is 0 Å². The van der Waals surface area contributed by atoms with E-state index in [9.17, 15) is 4.79 Å². The number of Topliss-reactive ketones (excluding diaryl/α,β-unsaturated/α-hetero) is 1. The Labute approximate surface area is 107 Å². The van der Waals surface area contributed by atoms with Crippen LogP contribution in [0.5, 0.6) is 0 Å². The van der Waals surface area contributed by atoms with E-state index in [-0.39, 0.29) is 11.7 Å². The molecular weight excluding hydrogens is 224 g/mol. The predicted octanol–water partition coefficient (Wildman–Crippen LogP) is 2.79. The Morgan fingerprint density at radius 2 is 2.17 bits per heavy atom. The molecule has 0 saturated carbocycles. The summed E-state index contributed by atoms with van der Waals surface area (Å²) in [6, 6.07) is 9.72. The third-order valence-corrected chi connectivity index (χ3v) is 3.30. The quantitative estimate of drug-likeness (QED) is 0.820. The third-order valence-electron chi connectivity index (χ3n) is 3.30. The van der Waals surface area contributed by atoms with Crippen molar-refractivity contribution in [3.63, 3.8) is 0 Å². The first kappa shape index (κ1) is 12.7. The zero-order valence-corrected chi connectivity index (χ0v) is 10.6. The summed E-state index contributed by atoms with van der Waals surface area (Å²) in [5, 5.41) is 1.00. The molecule has 0 saturated heterocycles. The van der Waals surface area contributed by atoms with Crippen molar-refractivity contribution in [3.05, 3.63) is 42.1 Å². The molecule has 3 heteroatoms. The average molecular weight is 242 g/mol. The minimum atomic E-state index is 0.130. The van der Waals surface area contributed by atoms with Crippen molar-refractivity contribution in [2.24, 2.45) is 11.7 Å². The molecule has 0 fully saturated rings. The molecule has 0 amide bonds. The number of para-hydroxylation sites is 1. The number of carbonyl (C=O) groups excluding carboxylic acids is 1. The Morgan fingerprint density at radius 3 is 2.89 bits per heavy atom. The molecule has 1 aromatic carbocycles. The number of pyridine rings is 1. The Kier molecular flexibility index (Phi) is 4.05. The first-order valence-electron chi connectivity index (χ1n) is 6.32. The van der Waals surface area contributed by atoms with E-state index in [1.807, 2.05) is 30.3 Å². The first-order valence-corrected chi connectivity index (χ1v) is 6.32. The van der Waals surface area contributed by atoms with Crippen molar-refractivity contribution in [1.82, 2.24) is 4.98 Å². The lowest BCUT2D eigenvalue weighted by atomic mass is 9.96. The van der Waals surface area contributed by atoms with Crippen LogP contribution in [0, 0.1) is 5.92 Å². The second kappa shape index (κ2) is 5.74.